The smallest absolute Gasteiger partial charge is 0.0662 e. The summed E-state index contributed by atoms with van der Waals surface area (Å²) in [4.78, 5) is 0. The van der Waals surface area contributed by atoms with Gasteiger partial charge in [0.25, 0.3) is 0 Å². The molecule has 1 fully saturated rings. The van der Waals surface area contributed by atoms with Gasteiger partial charge in [-0.25, -0.2) is 0 Å². The normalized spacial score (nSPS) is 19.9. The Morgan fingerprint density at radius 1 is 1.47 bits per heavy atom. The van der Waals surface area contributed by atoms with Crippen molar-refractivity contribution in [3.63, 3.8) is 0 Å². The molecule has 1 saturated carbocycles. The Bertz CT molecular complexity index is 342. The van der Waals surface area contributed by atoms with Crippen molar-refractivity contribution < 1.29 is 5.11 Å². The molecule has 1 atom stereocenters. The third-order valence-corrected chi connectivity index (χ3v) is 3.39. The van der Waals surface area contributed by atoms with E-state index in [2.05, 4.69) is 28.1 Å². The van der Waals surface area contributed by atoms with E-state index in [-0.39, 0.29) is 0 Å². The quantitative estimate of drug-likeness (QED) is 0.886. The van der Waals surface area contributed by atoms with Gasteiger partial charge in [0.2, 0.25) is 0 Å². The number of rotatable bonds is 4. The molecule has 0 bridgehead atoms. The molecule has 15 heavy (non-hydrogen) atoms. The van der Waals surface area contributed by atoms with Crippen LogP contribution in [0.3, 0.4) is 0 Å². The molecular formula is C13H17BrO. The van der Waals surface area contributed by atoms with Crippen LogP contribution in [-0.2, 0) is 6.42 Å². The van der Waals surface area contributed by atoms with Gasteiger partial charge < -0.3 is 5.11 Å². The predicted octanol–water partition coefficient (Wildman–Crippen LogP) is 3.54. The van der Waals surface area contributed by atoms with Gasteiger partial charge in [0, 0.05) is 10.9 Å². The Balaban J connectivity index is 1.99. The van der Waals surface area contributed by atoms with Gasteiger partial charge in [0.15, 0.2) is 0 Å². The van der Waals surface area contributed by atoms with Crippen LogP contribution in [0.4, 0.5) is 0 Å². The maximum absolute atomic E-state index is 10.3. The Hall–Kier alpha value is -0.340. The summed E-state index contributed by atoms with van der Waals surface area (Å²) >= 11 is 3.45. The van der Waals surface area contributed by atoms with Gasteiger partial charge in [-0.05, 0) is 37.0 Å². The first-order chi connectivity index (χ1) is 7.05. The highest BCUT2D eigenvalue weighted by Gasteiger charge is 2.31. The molecule has 0 heterocycles. The molecule has 1 aliphatic rings. The molecule has 0 saturated heterocycles. The molecule has 82 valence electrons. The summed E-state index contributed by atoms with van der Waals surface area (Å²) in [6, 6.07) is 8.19. The van der Waals surface area contributed by atoms with E-state index in [0.29, 0.717) is 0 Å². The van der Waals surface area contributed by atoms with Crippen molar-refractivity contribution in [3.05, 3.63) is 34.3 Å². The van der Waals surface area contributed by atoms with Crippen molar-refractivity contribution in [1.29, 1.82) is 0 Å². The van der Waals surface area contributed by atoms with E-state index in [0.717, 1.165) is 23.2 Å². The number of hydrogen-bond donors (Lipinski definition) is 1. The Morgan fingerprint density at radius 3 is 2.80 bits per heavy atom. The monoisotopic (exact) mass is 268 g/mol. The standard InChI is InChI=1S/C13H17BrO/c1-13(15,8-10-5-6-10)9-11-3-2-4-12(14)7-11/h2-4,7,10,15H,5-6,8-9H2,1H3. The summed E-state index contributed by atoms with van der Waals surface area (Å²) in [5.41, 5.74) is 0.664. The van der Waals surface area contributed by atoms with Crippen LogP contribution in [0.2, 0.25) is 0 Å². The first-order valence-electron chi connectivity index (χ1n) is 5.52. The molecule has 0 spiro atoms. The molecule has 0 aliphatic heterocycles. The van der Waals surface area contributed by atoms with E-state index in [1.165, 1.54) is 18.4 Å². The first-order valence-corrected chi connectivity index (χ1v) is 6.31. The molecule has 1 nitrogen and oxygen atoms in total. The van der Waals surface area contributed by atoms with Crippen LogP contribution in [0.25, 0.3) is 0 Å². The topological polar surface area (TPSA) is 20.2 Å². The van der Waals surface area contributed by atoms with Crippen molar-refractivity contribution in [2.75, 3.05) is 0 Å². The number of benzene rings is 1. The maximum atomic E-state index is 10.3. The summed E-state index contributed by atoms with van der Waals surface area (Å²) in [5.74, 6) is 0.771. The van der Waals surface area contributed by atoms with Crippen molar-refractivity contribution >= 4 is 15.9 Å². The lowest BCUT2D eigenvalue weighted by Crippen LogP contribution is -2.27. The maximum Gasteiger partial charge on any atom is 0.0662 e. The van der Waals surface area contributed by atoms with Gasteiger partial charge in [-0.1, -0.05) is 40.9 Å². The molecule has 1 N–H and O–H groups in total. The highest BCUT2D eigenvalue weighted by Crippen LogP contribution is 2.37. The molecule has 0 radical (unpaired) electrons. The second kappa shape index (κ2) is 4.26. The van der Waals surface area contributed by atoms with E-state index >= 15 is 0 Å². The second-order valence-electron chi connectivity index (χ2n) is 4.95. The summed E-state index contributed by atoms with van der Waals surface area (Å²) in [7, 11) is 0. The number of hydrogen-bond acceptors (Lipinski definition) is 1. The van der Waals surface area contributed by atoms with Crippen LogP contribution >= 0.6 is 15.9 Å². The van der Waals surface area contributed by atoms with Crippen molar-refractivity contribution in [1.82, 2.24) is 0 Å². The number of aliphatic hydroxyl groups is 1. The van der Waals surface area contributed by atoms with Crippen LogP contribution in [0, 0.1) is 5.92 Å². The Morgan fingerprint density at radius 2 is 2.20 bits per heavy atom. The lowest BCUT2D eigenvalue weighted by molar-refractivity contribution is 0.0455. The first kappa shape index (κ1) is 11.2. The zero-order valence-corrected chi connectivity index (χ0v) is 10.6. The summed E-state index contributed by atoms with van der Waals surface area (Å²) in [6.45, 7) is 1.95. The third-order valence-electron chi connectivity index (χ3n) is 2.90. The molecule has 1 aromatic rings. The molecule has 1 unspecified atom stereocenters. The van der Waals surface area contributed by atoms with Crippen LogP contribution in [0.15, 0.2) is 28.7 Å². The average Bonchev–Trinajstić information content (AvgIpc) is 2.86. The third kappa shape index (κ3) is 3.62. The number of halogens is 1. The van der Waals surface area contributed by atoms with Gasteiger partial charge in [0.1, 0.15) is 0 Å². The molecule has 1 aromatic carbocycles. The Kier molecular flexibility index (Phi) is 3.17. The van der Waals surface area contributed by atoms with Crippen molar-refractivity contribution in [2.24, 2.45) is 5.92 Å². The van der Waals surface area contributed by atoms with Crippen molar-refractivity contribution in [2.45, 2.75) is 38.2 Å². The largest absolute Gasteiger partial charge is 0.390 e. The molecular weight excluding hydrogens is 252 g/mol. The minimum absolute atomic E-state index is 0.540. The minimum atomic E-state index is -0.540. The SMILES string of the molecule is CC(O)(Cc1cccc(Br)c1)CC1CC1. The summed E-state index contributed by atoms with van der Waals surface area (Å²) in [6.07, 6.45) is 4.30. The average molecular weight is 269 g/mol. The van der Waals surface area contributed by atoms with Crippen LogP contribution < -0.4 is 0 Å². The molecule has 2 heteroatoms. The zero-order valence-electron chi connectivity index (χ0n) is 9.04. The van der Waals surface area contributed by atoms with E-state index in [1.807, 2.05) is 19.1 Å². The van der Waals surface area contributed by atoms with Crippen LogP contribution in [0.5, 0.6) is 0 Å². The highest BCUT2D eigenvalue weighted by atomic mass is 79.9. The van der Waals surface area contributed by atoms with E-state index < -0.39 is 5.60 Å². The van der Waals surface area contributed by atoms with Gasteiger partial charge in [0.05, 0.1) is 5.60 Å². The highest BCUT2D eigenvalue weighted by molar-refractivity contribution is 9.10. The lowest BCUT2D eigenvalue weighted by atomic mass is 9.91. The minimum Gasteiger partial charge on any atom is -0.390 e. The predicted molar refractivity (Wildman–Crippen MR) is 65.8 cm³/mol. The van der Waals surface area contributed by atoms with E-state index in [4.69, 9.17) is 0 Å². The molecule has 2 rings (SSSR count). The van der Waals surface area contributed by atoms with Crippen molar-refractivity contribution in [3.8, 4) is 0 Å². The molecule has 0 amide bonds. The zero-order chi connectivity index (χ0) is 10.9. The van der Waals surface area contributed by atoms with E-state index in [9.17, 15) is 5.11 Å². The van der Waals surface area contributed by atoms with Gasteiger partial charge >= 0.3 is 0 Å². The van der Waals surface area contributed by atoms with Crippen LogP contribution in [0.1, 0.15) is 31.7 Å². The van der Waals surface area contributed by atoms with Gasteiger partial charge in [-0.3, -0.25) is 0 Å². The molecule has 1 aliphatic carbocycles. The summed E-state index contributed by atoms with van der Waals surface area (Å²) in [5, 5.41) is 10.3. The fraction of sp³-hybridized carbons (Fsp3) is 0.538. The van der Waals surface area contributed by atoms with Gasteiger partial charge in [-0.2, -0.15) is 0 Å². The second-order valence-corrected chi connectivity index (χ2v) is 5.87. The lowest BCUT2D eigenvalue weighted by Gasteiger charge is -2.23. The van der Waals surface area contributed by atoms with Gasteiger partial charge in [-0.15, -0.1) is 0 Å². The fourth-order valence-electron chi connectivity index (χ4n) is 2.10. The Labute approximate surface area is 99.6 Å². The fourth-order valence-corrected chi connectivity index (χ4v) is 2.55. The molecule has 0 aromatic heterocycles. The van der Waals surface area contributed by atoms with Crippen LogP contribution in [-0.4, -0.2) is 10.7 Å². The summed E-state index contributed by atoms with van der Waals surface area (Å²) < 4.78 is 1.09. The van der Waals surface area contributed by atoms with E-state index in [1.54, 1.807) is 0 Å².